The van der Waals surface area contributed by atoms with E-state index in [2.05, 4.69) is 20.8 Å². The van der Waals surface area contributed by atoms with Crippen molar-refractivity contribution in [1.82, 2.24) is 0 Å². The topological polar surface area (TPSA) is 72.8 Å². The zero-order chi connectivity index (χ0) is 26.7. The van der Waals surface area contributed by atoms with Crippen LogP contribution in [0.3, 0.4) is 0 Å². The van der Waals surface area contributed by atoms with Crippen LogP contribution in [-0.2, 0) is 19.1 Å². The van der Waals surface area contributed by atoms with Crippen molar-refractivity contribution in [2.75, 3.05) is 13.2 Å². The molecule has 5 heteroatoms. The van der Waals surface area contributed by atoms with E-state index in [1.807, 2.05) is 0 Å². The van der Waals surface area contributed by atoms with Crippen molar-refractivity contribution in [2.45, 2.75) is 168 Å². The summed E-state index contributed by atoms with van der Waals surface area (Å²) in [5.41, 5.74) is 0. The van der Waals surface area contributed by atoms with Crippen LogP contribution in [0.2, 0.25) is 0 Å². The van der Waals surface area contributed by atoms with Crippen LogP contribution in [0.1, 0.15) is 162 Å². The van der Waals surface area contributed by atoms with Crippen molar-refractivity contribution in [3.8, 4) is 0 Å². The Hall–Kier alpha value is -1.10. The highest BCUT2D eigenvalue weighted by molar-refractivity contribution is 5.69. The number of carbonyl (C=O) groups excluding carboxylic acids is 2. The molecule has 0 rings (SSSR count). The van der Waals surface area contributed by atoms with Gasteiger partial charge in [0.05, 0.1) is 0 Å². The third-order valence-electron chi connectivity index (χ3n) is 6.77. The molecular weight excluding hydrogens is 452 g/mol. The van der Waals surface area contributed by atoms with Crippen molar-refractivity contribution in [1.29, 1.82) is 0 Å². The molecule has 0 heterocycles. The first-order valence-electron chi connectivity index (χ1n) is 15.4. The lowest BCUT2D eigenvalue weighted by Gasteiger charge is -2.12. The summed E-state index contributed by atoms with van der Waals surface area (Å²) in [4.78, 5) is 23.6. The highest BCUT2D eigenvalue weighted by atomic mass is 16.6. The lowest BCUT2D eigenvalue weighted by atomic mass is 10.0. The van der Waals surface area contributed by atoms with E-state index in [1.165, 1.54) is 89.9 Å². The van der Waals surface area contributed by atoms with Crippen LogP contribution >= 0.6 is 0 Å². The van der Waals surface area contributed by atoms with Crippen molar-refractivity contribution in [2.24, 2.45) is 5.92 Å². The maximum absolute atomic E-state index is 11.8. The van der Waals surface area contributed by atoms with E-state index in [9.17, 15) is 14.7 Å². The minimum Gasteiger partial charge on any atom is -0.463 e. The standard InChI is InChI=1S/C31H60O5/c1-4-5-6-7-8-11-15-18-21-24-30(33)35-26-29(32)27-36-31(34)25-22-19-16-13-10-9-12-14-17-20-23-28(2)3/h28-29,32H,4-27H2,1-3H3/t29-/m0/s1. The van der Waals surface area contributed by atoms with E-state index in [0.717, 1.165) is 44.4 Å². The predicted molar refractivity (Wildman–Crippen MR) is 150 cm³/mol. The predicted octanol–water partition coefficient (Wildman–Crippen LogP) is 8.69. The third kappa shape index (κ3) is 27.5. The molecule has 1 atom stereocenters. The Balaban J connectivity index is 3.42. The van der Waals surface area contributed by atoms with Gasteiger partial charge in [-0.15, -0.1) is 0 Å². The fraction of sp³-hybridized carbons (Fsp3) is 0.935. The van der Waals surface area contributed by atoms with Gasteiger partial charge in [0.15, 0.2) is 0 Å². The summed E-state index contributed by atoms with van der Waals surface area (Å²) in [7, 11) is 0. The number of hydrogen-bond acceptors (Lipinski definition) is 5. The largest absolute Gasteiger partial charge is 0.463 e. The number of esters is 2. The molecule has 36 heavy (non-hydrogen) atoms. The van der Waals surface area contributed by atoms with Gasteiger partial charge >= 0.3 is 11.9 Å². The number of carbonyl (C=O) groups is 2. The van der Waals surface area contributed by atoms with Gasteiger partial charge in [0, 0.05) is 12.8 Å². The normalized spacial score (nSPS) is 12.1. The first-order chi connectivity index (χ1) is 17.5. The Labute approximate surface area is 223 Å². The average Bonchev–Trinajstić information content (AvgIpc) is 2.85. The van der Waals surface area contributed by atoms with Gasteiger partial charge in [0.1, 0.15) is 19.3 Å². The number of hydrogen-bond donors (Lipinski definition) is 1. The first kappa shape index (κ1) is 34.9. The zero-order valence-electron chi connectivity index (χ0n) is 24.2. The SMILES string of the molecule is CCCCCCCCCCCC(=O)OC[C@H](O)COC(=O)CCCCCCCCCCCCC(C)C. The summed E-state index contributed by atoms with van der Waals surface area (Å²) >= 11 is 0. The van der Waals surface area contributed by atoms with Gasteiger partial charge in [0.25, 0.3) is 0 Å². The number of rotatable bonds is 27. The summed E-state index contributed by atoms with van der Waals surface area (Å²) in [6.07, 6.45) is 24.3. The van der Waals surface area contributed by atoms with Crippen LogP contribution in [0.5, 0.6) is 0 Å². The first-order valence-corrected chi connectivity index (χ1v) is 15.4. The second-order valence-electron chi connectivity index (χ2n) is 11.1. The summed E-state index contributed by atoms with van der Waals surface area (Å²) < 4.78 is 10.2. The number of aliphatic hydroxyl groups is 1. The van der Waals surface area contributed by atoms with E-state index in [4.69, 9.17) is 9.47 Å². The minimum atomic E-state index is -0.952. The summed E-state index contributed by atoms with van der Waals surface area (Å²) in [5, 5.41) is 9.91. The monoisotopic (exact) mass is 512 g/mol. The van der Waals surface area contributed by atoms with Gasteiger partial charge in [-0.05, 0) is 18.8 Å². The molecule has 0 radical (unpaired) electrons. The van der Waals surface area contributed by atoms with Crippen LogP contribution in [0.25, 0.3) is 0 Å². The molecule has 0 unspecified atom stereocenters. The zero-order valence-corrected chi connectivity index (χ0v) is 24.2. The van der Waals surface area contributed by atoms with Gasteiger partial charge in [-0.2, -0.15) is 0 Å². The van der Waals surface area contributed by atoms with Crippen LogP contribution in [0.4, 0.5) is 0 Å². The van der Waals surface area contributed by atoms with Gasteiger partial charge < -0.3 is 14.6 Å². The van der Waals surface area contributed by atoms with Crippen LogP contribution in [-0.4, -0.2) is 36.4 Å². The Morgan fingerprint density at radius 1 is 0.556 bits per heavy atom. The molecule has 0 aliphatic carbocycles. The second-order valence-corrected chi connectivity index (χ2v) is 11.1. The van der Waals surface area contributed by atoms with Crippen LogP contribution in [0, 0.1) is 5.92 Å². The second kappa shape index (κ2) is 26.9. The molecule has 0 spiro atoms. The molecule has 214 valence electrons. The minimum absolute atomic E-state index is 0.110. The fourth-order valence-electron chi connectivity index (χ4n) is 4.39. The molecule has 0 saturated heterocycles. The van der Waals surface area contributed by atoms with Gasteiger partial charge in [0.2, 0.25) is 0 Å². The Bertz CT molecular complexity index is 491. The van der Waals surface area contributed by atoms with Crippen LogP contribution in [0.15, 0.2) is 0 Å². The lowest BCUT2D eigenvalue weighted by molar-refractivity contribution is -0.152. The molecule has 0 aromatic carbocycles. The van der Waals surface area contributed by atoms with Crippen molar-refractivity contribution in [3.05, 3.63) is 0 Å². The molecular formula is C31H60O5. The maximum Gasteiger partial charge on any atom is 0.305 e. The van der Waals surface area contributed by atoms with Crippen molar-refractivity contribution >= 4 is 11.9 Å². The van der Waals surface area contributed by atoms with Crippen LogP contribution < -0.4 is 0 Å². The van der Waals surface area contributed by atoms with Crippen molar-refractivity contribution in [3.63, 3.8) is 0 Å². The molecule has 5 nitrogen and oxygen atoms in total. The Morgan fingerprint density at radius 3 is 1.25 bits per heavy atom. The summed E-state index contributed by atoms with van der Waals surface area (Å²) in [5.74, 6) is 0.266. The molecule has 0 aliphatic heterocycles. The third-order valence-corrected chi connectivity index (χ3v) is 6.77. The maximum atomic E-state index is 11.8. The highest BCUT2D eigenvalue weighted by Crippen LogP contribution is 2.14. The molecule has 0 aromatic rings. The van der Waals surface area contributed by atoms with E-state index in [-0.39, 0.29) is 25.2 Å². The molecule has 0 fully saturated rings. The smallest absolute Gasteiger partial charge is 0.305 e. The van der Waals surface area contributed by atoms with Crippen molar-refractivity contribution < 1.29 is 24.2 Å². The number of aliphatic hydroxyl groups excluding tert-OH is 1. The van der Waals surface area contributed by atoms with Gasteiger partial charge in [-0.1, -0.05) is 136 Å². The molecule has 0 amide bonds. The quantitative estimate of drug-likeness (QED) is 0.0880. The average molecular weight is 513 g/mol. The fourth-order valence-corrected chi connectivity index (χ4v) is 4.39. The van der Waals surface area contributed by atoms with E-state index < -0.39 is 6.10 Å². The van der Waals surface area contributed by atoms with Gasteiger partial charge in [-0.3, -0.25) is 9.59 Å². The van der Waals surface area contributed by atoms with E-state index in [0.29, 0.717) is 12.8 Å². The molecule has 0 aliphatic rings. The van der Waals surface area contributed by atoms with E-state index >= 15 is 0 Å². The van der Waals surface area contributed by atoms with E-state index in [1.54, 1.807) is 0 Å². The molecule has 0 saturated carbocycles. The lowest BCUT2D eigenvalue weighted by Crippen LogP contribution is -2.25. The summed E-state index contributed by atoms with van der Waals surface area (Å²) in [6, 6.07) is 0. The Kier molecular flexibility index (Phi) is 26.1. The molecule has 0 bridgehead atoms. The number of unbranched alkanes of at least 4 members (excludes halogenated alkanes) is 17. The molecule has 0 aromatic heterocycles. The van der Waals surface area contributed by atoms with Gasteiger partial charge in [-0.25, -0.2) is 0 Å². The number of ether oxygens (including phenoxy) is 2. The Morgan fingerprint density at radius 2 is 0.889 bits per heavy atom. The summed E-state index contributed by atoms with van der Waals surface area (Å²) in [6.45, 7) is 6.60. The highest BCUT2D eigenvalue weighted by Gasteiger charge is 2.12. The molecule has 1 N–H and O–H groups in total.